The molecule has 2 nitrogen and oxygen atoms in total. The molecule has 0 aromatic heterocycles. The maximum atomic E-state index is 3.75. The largest absolute Gasteiger partial charge is 0.310 e. The van der Waals surface area contributed by atoms with Crippen molar-refractivity contribution in [3.8, 4) is 0 Å². The van der Waals surface area contributed by atoms with E-state index in [1.807, 2.05) is 0 Å². The Kier molecular flexibility index (Phi) is 5.29. The van der Waals surface area contributed by atoms with Gasteiger partial charge in [-0.25, -0.2) is 0 Å². The number of halogens is 2. The lowest BCUT2D eigenvalue weighted by atomic mass is 10.0. The Morgan fingerprint density at radius 3 is 2.84 bits per heavy atom. The summed E-state index contributed by atoms with van der Waals surface area (Å²) in [5, 5.41) is 3.75. The van der Waals surface area contributed by atoms with Crippen LogP contribution in [0.25, 0.3) is 0 Å². The van der Waals surface area contributed by atoms with Gasteiger partial charge in [0.25, 0.3) is 0 Å². The highest BCUT2D eigenvalue weighted by Gasteiger charge is 2.31. The molecule has 4 heteroatoms. The van der Waals surface area contributed by atoms with E-state index in [2.05, 4.69) is 57.3 Å². The van der Waals surface area contributed by atoms with Crippen LogP contribution in [-0.2, 0) is 0 Å². The zero-order valence-corrected chi connectivity index (χ0v) is 13.7. The van der Waals surface area contributed by atoms with E-state index in [9.17, 15) is 0 Å². The Hall–Kier alpha value is -0.0900. The standard InChI is InChI=1S/C15H21BrN2.ClH/c1-11(12-3-2-4-13(16)9-12)18-8-7-14-5-6-15(10-18)17-14;/h2-4,9,11,14-15,17H,5-8,10H2,1H3;1H. The number of nitrogens with one attached hydrogen (secondary N) is 1. The zero-order valence-electron chi connectivity index (χ0n) is 11.3. The first-order chi connectivity index (χ1) is 8.72. The minimum absolute atomic E-state index is 0. The first-order valence-electron chi connectivity index (χ1n) is 6.98. The molecule has 3 unspecified atom stereocenters. The molecule has 19 heavy (non-hydrogen) atoms. The summed E-state index contributed by atoms with van der Waals surface area (Å²) in [6, 6.07) is 10.7. The fraction of sp³-hybridized carbons (Fsp3) is 0.600. The van der Waals surface area contributed by atoms with Gasteiger partial charge in [-0.05, 0) is 43.9 Å². The van der Waals surface area contributed by atoms with Gasteiger partial charge in [0.1, 0.15) is 0 Å². The number of rotatable bonds is 2. The van der Waals surface area contributed by atoms with Crippen molar-refractivity contribution in [2.24, 2.45) is 0 Å². The van der Waals surface area contributed by atoms with E-state index in [1.54, 1.807) is 0 Å². The molecule has 0 saturated carbocycles. The second kappa shape index (κ2) is 6.57. The molecule has 106 valence electrons. The number of hydrogen-bond acceptors (Lipinski definition) is 2. The Morgan fingerprint density at radius 1 is 1.26 bits per heavy atom. The Bertz CT molecular complexity index is 426. The van der Waals surface area contributed by atoms with Gasteiger partial charge in [-0.3, -0.25) is 4.90 Å². The summed E-state index contributed by atoms with van der Waals surface area (Å²) in [5.74, 6) is 0. The second-order valence-electron chi connectivity index (χ2n) is 5.65. The van der Waals surface area contributed by atoms with E-state index in [0.29, 0.717) is 12.1 Å². The summed E-state index contributed by atoms with van der Waals surface area (Å²) in [5.41, 5.74) is 1.42. The average molecular weight is 346 g/mol. The molecule has 1 aromatic rings. The lowest BCUT2D eigenvalue weighted by molar-refractivity contribution is 0.200. The number of hydrogen-bond donors (Lipinski definition) is 1. The average Bonchev–Trinajstić information content (AvgIpc) is 2.68. The van der Waals surface area contributed by atoms with Crippen molar-refractivity contribution in [3.63, 3.8) is 0 Å². The van der Waals surface area contributed by atoms with Crippen LogP contribution in [0.15, 0.2) is 28.7 Å². The van der Waals surface area contributed by atoms with Crippen molar-refractivity contribution in [2.45, 2.75) is 44.3 Å². The molecule has 2 aliphatic rings. The third-order valence-corrected chi connectivity index (χ3v) is 4.93. The van der Waals surface area contributed by atoms with E-state index in [1.165, 1.54) is 42.4 Å². The SMILES string of the molecule is CC(c1cccc(Br)c1)N1CCC2CCC(C1)N2.Cl. The minimum Gasteiger partial charge on any atom is -0.310 e. The van der Waals surface area contributed by atoms with E-state index < -0.39 is 0 Å². The number of fused-ring (bicyclic) bond motifs is 2. The van der Waals surface area contributed by atoms with Gasteiger partial charge in [0.15, 0.2) is 0 Å². The number of benzene rings is 1. The summed E-state index contributed by atoms with van der Waals surface area (Å²) in [6.45, 7) is 4.76. The summed E-state index contributed by atoms with van der Waals surface area (Å²) >= 11 is 3.57. The zero-order chi connectivity index (χ0) is 12.5. The highest BCUT2D eigenvalue weighted by Crippen LogP contribution is 2.28. The number of likely N-dealkylation sites (tertiary alicyclic amines) is 1. The lowest BCUT2D eigenvalue weighted by Crippen LogP contribution is -2.36. The van der Waals surface area contributed by atoms with Crippen molar-refractivity contribution in [2.75, 3.05) is 13.1 Å². The molecule has 1 N–H and O–H groups in total. The summed E-state index contributed by atoms with van der Waals surface area (Å²) in [4.78, 5) is 2.64. The van der Waals surface area contributed by atoms with Gasteiger partial charge in [-0.2, -0.15) is 0 Å². The van der Waals surface area contributed by atoms with Gasteiger partial charge in [-0.15, -0.1) is 12.4 Å². The predicted molar refractivity (Wildman–Crippen MR) is 85.9 cm³/mol. The smallest absolute Gasteiger partial charge is 0.0320 e. The first-order valence-corrected chi connectivity index (χ1v) is 7.77. The van der Waals surface area contributed by atoms with Crippen molar-refractivity contribution < 1.29 is 0 Å². The van der Waals surface area contributed by atoms with Crippen molar-refractivity contribution in [1.82, 2.24) is 10.2 Å². The van der Waals surface area contributed by atoms with Crippen LogP contribution < -0.4 is 5.32 Å². The summed E-state index contributed by atoms with van der Waals surface area (Å²) in [6.07, 6.45) is 4.03. The Labute approximate surface area is 130 Å². The predicted octanol–water partition coefficient (Wildman–Crippen LogP) is 3.76. The van der Waals surface area contributed by atoms with Crippen LogP contribution in [0.1, 0.15) is 37.8 Å². The van der Waals surface area contributed by atoms with Crippen LogP contribution in [0.4, 0.5) is 0 Å². The normalized spacial score (nSPS) is 28.5. The monoisotopic (exact) mass is 344 g/mol. The molecule has 2 bridgehead atoms. The molecule has 0 radical (unpaired) electrons. The molecule has 3 rings (SSSR count). The highest BCUT2D eigenvalue weighted by molar-refractivity contribution is 9.10. The molecular weight excluding hydrogens is 324 g/mol. The summed E-state index contributed by atoms with van der Waals surface area (Å²) in [7, 11) is 0. The van der Waals surface area contributed by atoms with E-state index in [0.717, 1.165) is 6.04 Å². The quantitative estimate of drug-likeness (QED) is 0.878. The van der Waals surface area contributed by atoms with Crippen LogP contribution in [0.2, 0.25) is 0 Å². The van der Waals surface area contributed by atoms with Crippen molar-refractivity contribution in [1.29, 1.82) is 0 Å². The highest BCUT2D eigenvalue weighted by atomic mass is 79.9. The van der Waals surface area contributed by atoms with Gasteiger partial charge in [0, 0.05) is 35.7 Å². The molecule has 0 aliphatic carbocycles. The van der Waals surface area contributed by atoms with Gasteiger partial charge in [0.05, 0.1) is 0 Å². The van der Waals surface area contributed by atoms with Gasteiger partial charge in [0.2, 0.25) is 0 Å². The molecule has 0 amide bonds. The maximum absolute atomic E-state index is 3.75. The molecule has 2 aliphatic heterocycles. The molecule has 2 heterocycles. The number of nitrogens with zero attached hydrogens (tertiary/aromatic N) is 1. The fourth-order valence-corrected chi connectivity index (χ4v) is 3.72. The minimum atomic E-state index is 0. The molecule has 1 aromatic carbocycles. The fourth-order valence-electron chi connectivity index (χ4n) is 3.30. The van der Waals surface area contributed by atoms with E-state index in [-0.39, 0.29) is 12.4 Å². The molecule has 2 saturated heterocycles. The third-order valence-electron chi connectivity index (χ3n) is 4.43. The van der Waals surface area contributed by atoms with Gasteiger partial charge in [-0.1, -0.05) is 28.1 Å². The molecule has 2 fully saturated rings. The lowest BCUT2D eigenvalue weighted by Gasteiger charge is -2.30. The Balaban J connectivity index is 0.00000133. The van der Waals surface area contributed by atoms with Crippen LogP contribution in [0, 0.1) is 0 Å². The first kappa shape index (κ1) is 15.3. The molecule has 0 spiro atoms. The second-order valence-corrected chi connectivity index (χ2v) is 6.57. The van der Waals surface area contributed by atoms with Crippen LogP contribution in [-0.4, -0.2) is 30.1 Å². The van der Waals surface area contributed by atoms with Crippen molar-refractivity contribution >= 4 is 28.3 Å². The van der Waals surface area contributed by atoms with Crippen LogP contribution >= 0.6 is 28.3 Å². The molecule has 3 atom stereocenters. The maximum Gasteiger partial charge on any atom is 0.0320 e. The Morgan fingerprint density at radius 2 is 2.05 bits per heavy atom. The topological polar surface area (TPSA) is 15.3 Å². The van der Waals surface area contributed by atoms with Crippen LogP contribution in [0.5, 0.6) is 0 Å². The van der Waals surface area contributed by atoms with Crippen LogP contribution in [0.3, 0.4) is 0 Å². The molecular formula is C15H22BrClN2. The third kappa shape index (κ3) is 3.52. The van der Waals surface area contributed by atoms with Gasteiger partial charge >= 0.3 is 0 Å². The van der Waals surface area contributed by atoms with Crippen molar-refractivity contribution in [3.05, 3.63) is 34.3 Å². The van der Waals surface area contributed by atoms with E-state index >= 15 is 0 Å². The van der Waals surface area contributed by atoms with E-state index in [4.69, 9.17) is 0 Å². The summed E-state index contributed by atoms with van der Waals surface area (Å²) < 4.78 is 1.18. The van der Waals surface area contributed by atoms with Gasteiger partial charge < -0.3 is 5.32 Å².